The Bertz CT molecular complexity index is 1020. The first-order valence-electron chi connectivity index (χ1n) is 11.7. The van der Waals surface area contributed by atoms with Gasteiger partial charge in [-0.15, -0.1) is 0 Å². The summed E-state index contributed by atoms with van der Waals surface area (Å²) in [6, 6.07) is 15.6. The Labute approximate surface area is 192 Å². The molecule has 1 aromatic heterocycles. The number of fused-ring (bicyclic) bond motifs is 1. The minimum atomic E-state index is 0.464. The Morgan fingerprint density at radius 2 is 1.62 bits per heavy atom. The molecule has 0 spiro atoms. The molecule has 0 atom stereocenters. The van der Waals surface area contributed by atoms with E-state index in [0.717, 1.165) is 30.8 Å². The Balaban J connectivity index is 1.27. The molecule has 170 valence electrons. The van der Waals surface area contributed by atoms with Crippen molar-refractivity contribution < 1.29 is 0 Å². The summed E-state index contributed by atoms with van der Waals surface area (Å²) in [7, 11) is 8.22. The van der Waals surface area contributed by atoms with Gasteiger partial charge >= 0.3 is 0 Å². The molecular formula is C26H36N6. The standard InChI is InChI=1S/C26H36N6/c1-31(2)24-14-11-20(22-7-5-6-8-23(22)24)18-27-17-19-9-12-21(13-10-19)29-26-28-16-15-25(30-26)32(3)4/h5-8,11,14-16,19,21,27H,9-10,12-13,17-18H2,1-4H3,(H,28,29,30). The zero-order chi connectivity index (χ0) is 22.5. The SMILES string of the molecule is CN(C)c1ccnc(NC2CCC(CNCc3ccc(N(C)C)c4ccccc34)CC2)n1. The van der Waals surface area contributed by atoms with E-state index in [-0.39, 0.29) is 0 Å². The Morgan fingerprint density at radius 3 is 2.34 bits per heavy atom. The van der Waals surface area contributed by atoms with E-state index in [0.29, 0.717) is 6.04 Å². The number of aromatic nitrogens is 2. The maximum absolute atomic E-state index is 4.60. The van der Waals surface area contributed by atoms with Crippen molar-refractivity contribution in [2.24, 2.45) is 5.92 Å². The van der Waals surface area contributed by atoms with Crippen molar-refractivity contribution in [3.63, 3.8) is 0 Å². The normalized spacial score (nSPS) is 18.5. The number of hydrogen-bond donors (Lipinski definition) is 2. The molecule has 32 heavy (non-hydrogen) atoms. The van der Waals surface area contributed by atoms with Gasteiger partial charge in [0.15, 0.2) is 0 Å². The average Bonchev–Trinajstić information content (AvgIpc) is 2.80. The van der Waals surface area contributed by atoms with E-state index in [1.54, 1.807) is 0 Å². The van der Waals surface area contributed by atoms with Crippen molar-refractivity contribution >= 4 is 28.2 Å². The second kappa shape index (κ2) is 10.2. The van der Waals surface area contributed by atoms with E-state index in [9.17, 15) is 0 Å². The highest BCUT2D eigenvalue weighted by molar-refractivity contribution is 5.96. The lowest BCUT2D eigenvalue weighted by molar-refractivity contribution is 0.324. The molecule has 1 fully saturated rings. The van der Waals surface area contributed by atoms with Crippen LogP contribution in [0.3, 0.4) is 0 Å². The van der Waals surface area contributed by atoms with Gasteiger partial charge in [-0.2, -0.15) is 4.98 Å². The summed E-state index contributed by atoms with van der Waals surface area (Å²) in [6.45, 7) is 1.99. The number of hydrogen-bond acceptors (Lipinski definition) is 6. The zero-order valence-corrected chi connectivity index (χ0v) is 19.8. The number of anilines is 3. The van der Waals surface area contributed by atoms with E-state index >= 15 is 0 Å². The van der Waals surface area contributed by atoms with Gasteiger partial charge in [-0.25, -0.2) is 4.98 Å². The summed E-state index contributed by atoms with van der Waals surface area (Å²) < 4.78 is 0. The molecule has 1 saturated carbocycles. The smallest absolute Gasteiger partial charge is 0.224 e. The molecule has 1 aliphatic carbocycles. The zero-order valence-electron chi connectivity index (χ0n) is 19.8. The van der Waals surface area contributed by atoms with Gasteiger partial charge in [0.05, 0.1) is 0 Å². The highest BCUT2D eigenvalue weighted by Gasteiger charge is 2.21. The maximum atomic E-state index is 4.60. The lowest BCUT2D eigenvalue weighted by Gasteiger charge is -2.29. The van der Waals surface area contributed by atoms with Crippen LogP contribution < -0.4 is 20.4 Å². The van der Waals surface area contributed by atoms with Crippen molar-refractivity contribution in [3.8, 4) is 0 Å². The number of rotatable bonds is 8. The first-order valence-corrected chi connectivity index (χ1v) is 11.7. The molecule has 4 rings (SSSR count). The van der Waals surface area contributed by atoms with Crippen LogP contribution in [-0.2, 0) is 6.54 Å². The highest BCUT2D eigenvalue weighted by atomic mass is 15.2. The van der Waals surface area contributed by atoms with Crippen LogP contribution in [0.25, 0.3) is 10.8 Å². The van der Waals surface area contributed by atoms with Crippen LogP contribution in [0.15, 0.2) is 48.7 Å². The largest absolute Gasteiger partial charge is 0.377 e. The number of nitrogens with zero attached hydrogens (tertiary/aromatic N) is 4. The van der Waals surface area contributed by atoms with Crippen LogP contribution in [0.5, 0.6) is 0 Å². The van der Waals surface area contributed by atoms with E-state index in [1.165, 1.54) is 47.7 Å². The van der Waals surface area contributed by atoms with Crippen molar-refractivity contribution in [2.45, 2.75) is 38.3 Å². The summed E-state index contributed by atoms with van der Waals surface area (Å²) in [5.74, 6) is 2.41. The summed E-state index contributed by atoms with van der Waals surface area (Å²) in [5.41, 5.74) is 2.65. The third kappa shape index (κ3) is 5.30. The molecule has 1 aliphatic rings. The minimum absolute atomic E-state index is 0.464. The van der Waals surface area contributed by atoms with Crippen LogP contribution in [0, 0.1) is 5.92 Å². The second-order valence-electron chi connectivity index (χ2n) is 9.31. The first kappa shape index (κ1) is 22.3. The number of nitrogens with one attached hydrogen (secondary N) is 2. The predicted molar refractivity (Wildman–Crippen MR) is 136 cm³/mol. The van der Waals surface area contributed by atoms with Gasteiger partial charge in [0, 0.05) is 58.0 Å². The van der Waals surface area contributed by atoms with E-state index in [2.05, 4.69) is 76.0 Å². The maximum Gasteiger partial charge on any atom is 0.224 e. The highest BCUT2D eigenvalue weighted by Crippen LogP contribution is 2.29. The molecule has 3 aromatic rings. The molecule has 0 unspecified atom stereocenters. The summed E-state index contributed by atoms with van der Waals surface area (Å²) >= 11 is 0. The summed E-state index contributed by atoms with van der Waals surface area (Å²) in [4.78, 5) is 13.2. The van der Waals surface area contributed by atoms with Crippen LogP contribution in [0.4, 0.5) is 17.5 Å². The van der Waals surface area contributed by atoms with Gasteiger partial charge in [0.2, 0.25) is 5.95 Å². The fourth-order valence-corrected chi connectivity index (χ4v) is 4.66. The third-order valence-electron chi connectivity index (χ3n) is 6.50. The Hall–Kier alpha value is -2.86. The molecule has 2 aromatic carbocycles. The topological polar surface area (TPSA) is 56.3 Å². The van der Waals surface area contributed by atoms with E-state index < -0.39 is 0 Å². The monoisotopic (exact) mass is 432 g/mol. The van der Waals surface area contributed by atoms with Crippen molar-refractivity contribution in [1.82, 2.24) is 15.3 Å². The Morgan fingerprint density at radius 1 is 0.875 bits per heavy atom. The molecule has 0 aliphatic heterocycles. The molecule has 2 N–H and O–H groups in total. The quantitative estimate of drug-likeness (QED) is 0.546. The first-order chi connectivity index (χ1) is 15.5. The molecule has 0 amide bonds. The van der Waals surface area contributed by atoms with Gasteiger partial charge in [-0.1, -0.05) is 30.3 Å². The molecule has 0 bridgehead atoms. The van der Waals surface area contributed by atoms with Crippen molar-refractivity contribution in [1.29, 1.82) is 0 Å². The lowest BCUT2D eigenvalue weighted by Crippen LogP contribution is -2.31. The number of benzene rings is 2. The lowest BCUT2D eigenvalue weighted by atomic mass is 9.86. The summed E-state index contributed by atoms with van der Waals surface area (Å²) in [6.07, 6.45) is 6.64. The molecular weight excluding hydrogens is 396 g/mol. The molecule has 0 saturated heterocycles. The Kier molecular flexibility index (Phi) is 7.10. The van der Waals surface area contributed by atoms with Crippen molar-refractivity contribution in [2.75, 3.05) is 49.9 Å². The second-order valence-corrected chi connectivity index (χ2v) is 9.31. The van der Waals surface area contributed by atoms with Gasteiger partial charge in [-0.3, -0.25) is 0 Å². The van der Waals surface area contributed by atoms with Crippen molar-refractivity contribution in [3.05, 3.63) is 54.2 Å². The van der Waals surface area contributed by atoms with E-state index in [4.69, 9.17) is 0 Å². The van der Waals surface area contributed by atoms with Crippen LogP contribution in [-0.4, -0.2) is 50.7 Å². The molecule has 1 heterocycles. The molecule has 6 heteroatoms. The fourth-order valence-electron chi connectivity index (χ4n) is 4.66. The minimum Gasteiger partial charge on any atom is -0.377 e. The average molecular weight is 433 g/mol. The van der Waals surface area contributed by atoms with Gasteiger partial charge in [0.25, 0.3) is 0 Å². The fraction of sp³-hybridized carbons (Fsp3) is 0.462. The van der Waals surface area contributed by atoms with Gasteiger partial charge in [-0.05, 0) is 61.2 Å². The third-order valence-corrected chi connectivity index (χ3v) is 6.50. The summed E-state index contributed by atoms with van der Waals surface area (Å²) in [5, 5.41) is 9.94. The predicted octanol–water partition coefficient (Wildman–Crippen LogP) is 4.52. The molecule has 0 radical (unpaired) electrons. The van der Waals surface area contributed by atoms with Gasteiger partial charge in [0.1, 0.15) is 5.82 Å². The molecule has 6 nitrogen and oxygen atoms in total. The van der Waals surface area contributed by atoms with Crippen LogP contribution in [0.1, 0.15) is 31.2 Å². The van der Waals surface area contributed by atoms with Gasteiger partial charge < -0.3 is 20.4 Å². The van der Waals surface area contributed by atoms with Crippen LogP contribution in [0.2, 0.25) is 0 Å². The van der Waals surface area contributed by atoms with Crippen LogP contribution >= 0.6 is 0 Å². The van der Waals surface area contributed by atoms with E-state index in [1.807, 2.05) is 31.3 Å².